The van der Waals surface area contributed by atoms with E-state index in [-0.39, 0.29) is 24.1 Å². The summed E-state index contributed by atoms with van der Waals surface area (Å²) >= 11 is 0. The summed E-state index contributed by atoms with van der Waals surface area (Å²) < 4.78 is 2.26. The highest BCUT2D eigenvalue weighted by atomic mass is 16.2. The van der Waals surface area contributed by atoms with Crippen LogP contribution in [-0.4, -0.2) is 21.1 Å². The van der Waals surface area contributed by atoms with Gasteiger partial charge in [0.2, 0.25) is 5.91 Å². The van der Waals surface area contributed by atoms with Crippen molar-refractivity contribution in [2.75, 3.05) is 0 Å². The van der Waals surface area contributed by atoms with Crippen LogP contribution in [0, 0.1) is 11.8 Å². The Labute approximate surface area is 123 Å². The molecule has 0 bridgehead atoms. The van der Waals surface area contributed by atoms with Crippen LogP contribution in [0.25, 0.3) is 0 Å². The first-order valence-corrected chi connectivity index (χ1v) is 7.46. The van der Waals surface area contributed by atoms with Crippen molar-refractivity contribution in [3.63, 3.8) is 0 Å². The van der Waals surface area contributed by atoms with Crippen LogP contribution in [0.3, 0.4) is 0 Å². The standard InChI is InChI=1S/C15H23N3O3/c1-10-5-4-6-12(11(10)2)16-13(19)9-18-8-7-14(20)17(3)15(18)21/h7-8,10-12H,4-6,9H2,1-3H3,(H,16,19)/t10-,11+,12-/m1/s1. The minimum atomic E-state index is -0.470. The number of carbonyl (C=O) groups is 1. The largest absolute Gasteiger partial charge is 0.352 e. The number of nitrogens with zero attached hydrogens (tertiary/aromatic N) is 2. The Hall–Kier alpha value is -1.85. The number of aromatic nitrogens is 2. The number of nitrogens with one attached hydrogen (secondary N) is 1. The molecule has 6 heteroatoms. The smallest absolute Gasteiger partial charge is 0.331 e. The lowest BCUT2D eigenvalue weighted by atomic mass is 9.78. The number of rotatable bonds is 3. The first kappa shape index (κ1) is 15.5. The predicted molar refractivity (Wildman–Crippen MR) is 80.1 cm³/mol. The molecule has 1 aromatic rings. The zero-order chi connectivity index (χ0) is 15.6. The third-order valence-electron chi connectivity index (χ3n) is 4.63. The summed E-state index contributed by atoms with van der Waals surface area (Å²) in [6, 6.07) is 1.46. The highest BCUT2D eigenvalue weighted by Gasteiger charge is 2.28. The van der Waals surface area contributed by atoms with Crippen LogP contribution in [0.2, 0.25) is 0 Å². The van der Waals surface area contributed by atoms with Crippen LogP contribution >= 0.6 is 0 Å². The van der Waals surface area contributed by atoms with Crippen molar-refractivity contribution >= 4 is 5.91 Å². The summed E-state index contributed by atoms with van der Waals surface area (Å²) in [5.74, 6) is 0.866. The SMILES string of the molecule is C[C@H]1[C@H](C)CCC[C@H]1NC(=O)Cn1ccc(=O)n(C)c1=O. The maximum Gasteiger partial charge on any atom is 0.331 e. The van der Waals surface area contributed by atoms with Gasteiger partial charge in [0.05, 0.1) is 0 Å². The summed E-state index contributed by atoms with van der Waals surface area (Å²) in [7, 11) is 1.41. The van der Waals surface area contributed by atoms with Gasteiger partial charge in [0, 0.05) is 25.4 Å². The van der Waals surface area contributed by atoms with Crippen LogP contribution < -0.4 is 16.6 Å². The van der Waals surface area contributed by atoms with E-state index in [0.29, 0.717) is 11.8 Å². The quantitative estimate of drug-likeness (QED) is 0.881. The molecule has 0 aliphatic heterocycles. The lowest BCUT2D eigenvalue weighted by Gasteiger charge is -2.34. The molecule has 0 saturated heterocycles. The van der Waals surface area contributed by atoms with Crippen LogP contribution in [0.15, 0.2) is 21.9 Å². The van der Waals surface area contributed by atoms with Gasteiger partial charge in [0.15, 0.2) is 0 Å². The Morgan fingerprint density at radius 3 is 2.76 bits per heavy atom. The Kier molecular flexibility index (Phi) is 4.65. The topological polar surface area (TPSA) is 73.1 Å². The van der Waals surface area contributed by atoms with E-state index in [9.17, 15) is 14.4 Å². The molecule has 0 aromatic carbocycles. The van der Waals surface area contributed by atoms with Crippen molar-refractivity contribution in [2.24, 2.45) is 18.9 Å². The van der Waals surface area contributed by atoms with E-state index in [4.69, 9.17) is 0 Å². The number of hydrogen-bond donors (Lipinski definition) is 1. The fourth-order valence-corrected chi connectivity index (χ4v) is 2.93. The summed E-state index contributed by atoms with van der Waals surface area (Å²) in [5, 5.41) is 3.02. The summed E-state index contributed by atoms with van der Waals surface area (Å²) in [4.78, 5) is 35.3. The van der Waals surface area contributed by atoms with Crippen molar-refractivity contribution in [3.8, 4) is 0 Å². The van der Waals surface area contributed by atoms with Crippen molar-refractivity contribution in [1.82, 2.24) is 14.5 Å². The van der Waals surface area contributed by atoms with E-state index in [2.05, 4.69) is 19.2 Å². The Balaban J connectivity index is 2.04. The normalized spacial score (nSPS) is 25.6. The van der Waals surface area contributed by atoms with Crippen LogP contribution in [0.4, 0.5) is 0 Å². The average molecular weight is 293 g/mol. The Morgan fingerprint density at radius 1 is 1.33 bits per heavy atom. The molecule has 116 valence electrons. The Morgan fingerprint density at radius 2 is 2.05 bits per heavy atom. The third kappa shape index (κ3) is 3.43. The van der Waals surface area contributed by atoms with E-state index >= 15 is 0 Å². The molecule has 6 nitrogen and oxygen atoms in total. The monoisotopic (exact) mass is 293 g/mol. The van der Waals surface area contributed by atoms with Gasteiger partial charge in [0.1, 0.15) is 6.54 Å². The minimum absolute atomic E-state index is 0.0510. The molecular weight excluding hydrogens is 270 g/mol. The lowest BCUT2D eigenvalue weighted by Crippen LogP contribution is -2.46. The molecule has 1 fully saturated rings. The van der Waals surface area contributed by atoms with Crippen molar-refractivity contribution in [1.29, 1.82) is 0 Å². The first-order valence-electron chi connectivity index (χ1n) is 7.46. The molecule has 1 aliphatic rings. The van der Waals surface area contributed by atoms with Crippen molar-refractivity contribution in [2.45, 2.75) is 45.7 Å². The van der Waals surface area contributed by atoms with E-state index < -0.39 is 5.69 Å². The molecule has 0 radical (unpaired) electrons. The van der Waals surface area contributed by atoms with Gasteiger partial charge in [-0.05, 0) is 18.3 Å². The van der Waals surface area contributed by atoms with E-state index in [1.807, 2.05) is 0 Å². The molecule has 1 aliphatic carbocycles. The van der Waals surface area contributed by atoms with Gasteiger partial charge in [-0.2, -0.15) is 0 Å². The number of hydrogen-bond acceptors (Lipinski definition) is 3. The molecular formula is C15H23N3O3. The van der Waals surface area contributed by atoms with Crippen LogP contribution in [0.1, 0.15) is 33.1 Å². The van der Waals surface area contributed by atoms with Gasteiger partial charge in [0.25, 0.3) is 5.56 Å². The van der Waals surface area contributed by atoms with Crippen LogP contribution in [-0.2, 0) is 18.4 Å². The molecule has 1 aromatic heterocycles. The molecule has 0 unspecified atom stereocenters. The van der Waals surface area contributed by atoms with Gasteiger partial charge in [-0.15, -0.1) is 0 Å². The molecule has 1 saturated carbocycles. The molecule has 1 heterocycles. The van der Waals surface area contributed by atoms with Gasteiger partial charge in [-0.1, -0.05) is 26.7 Å². The molecule has 21 heavy (non-hydrogen) atoms. The maximum atomic E-state index is 12.1. The highest BCUT2D eigenvalue weighted by molar-refractivity contribution is 5.76. The Bertz CT molecular complexity index is 632. The summed E-state index contributed by atoms with van der Waals surface area (Å²) in [6.07, 6.45) is 4.68. The second-order valence-electron chi connectivity index (χ2n) is 6.06. The lowest BCUT2D eigenvalue weighted by molar-refractivity contribution is -0.123. The van der Waals surface area contributed by atoms with Gasteiger partial charge >= 0.3 is 5.69 Å². The number of carbonyl (C=O) groups excluding carboxylic acids is 1. The minimum Gasteiger partial charge on any atom is -0.352 e. The molecule has 1 amide bonds. The third-order valence-corrected chi connectivity index (χ3v) is 4.63. The molecule has 1 N–H and O–H groups in total. The molecule has 0 spiro atoms. The van der Waals surface area contributed by atoms with Gasteiger partial charge in [-0.3, -0.25) is 18.7 Å². The number of amides is 1. The van der Waals surface area contributed by atoms with Crippen molar-refractivity contribution < 1.29 is 4.79 Å². The molecule has 3 atom stereocenters. The second-order valence-corrected chi connectivity index (χ2v) is 6.06. The second kappa shape index (κ2) is 6.28. The fourth-order valence-electron chi connectivity index (χ4n) is 2.93. The van der Waals surface area contributed by atoms with Crippen molar-refractivity contribution in [3.05, 3.63) is 33.1 Å². The predicted octanol–water partition coefficient (Wildman–Crippen LogP) is 0.488. The van der Waals surface area contributed by atoms with E-state index in [0.717, 1.165) is 17.4 Å². The molecule has 2 rings (SSSR count). The average Bonchev–Trinajstić information content (AvgIpc) is 2.45. The van der Waals surface area contributed by atoms with Gasteiger partial charge < -0.3 is 5.32 Å². The zero-order valence-electron chi connectivity index (χ0n) is 12.8. The first-order chi connectivity index (χ1) is 9.90. The van der Waals surface area contributed by atoms with Crippen LogP contribution in [0.5, 0.6) is 0 Å². The van der Waals surface area contributed by atoms with Gasteiger partial charge in [-0.25, -0.2) is 4.79 Å². The van der Waals surface area contributed by atoms with E-state index in [1.54, 1.807) is 0 Å². The highest BCUT2D eigenvalue weighted by Crippen LogP contribution is 2.29. The van der Waals surface area contributed by atoms with E-state index in [1.165, 1.54) is 30.3 Å². The summed E-state index contributed by atoms with van der Waals surface area (Å²) in [5.41, 5.74) is -0.839. The fraction of sp³-hybridized carbons (Fsp3) is 0.667. The summed E-state index contributed by atoms with van der Waals surface area (Å²) in [6.45, 7) is 4.32. The maximum absolute atomic E-state index is 12.1. The zero-order valence-corrected chi connectivity index (χ0v) is 12.8.